The van der Waals surface area contributed by atoms with Crippen LogP contribution in [0.4, 0.5) is 9.52 Å². The van der Waals surface area contributed by atoms with E-state index in [4.69, 9.17) is 9.47 Å². The summed E-state index contributed by atoms with van der Waals surface area (Å²) >= 11 is 1.08. The number of fused-ring (bicyclic) bond motifs is 1. The van der Waals surface area contributed by atoms with Gasteiger partial charge in [-0.3, -0.25) is 14.5 Å². The number of methoxy groups -OCH3 is 1. The molecule has 1 aliphatic rings. The molecular weight excluding hydrogens is 483 g/mol. The van der Waals surface area contributed by atoms with E-state index >= 15 is 0 Å². The monoisotopic (exact) mass is 504 g/mol. The lowest BCUT2D eigenvalue weighted by Crippen LogP contribution is -2.29. The van der Waals surface area contributed by atoms with Crippen molar-refractivity contribution in [1.29, 1.82) is 0 Å². The Balaban J connectivity index is 1.71. The number of Topliss-reactive ketones (excluding diaryl/α,β-unsaturated/α-hetero) is 1. The number of ether oxygens (including phenoxy) is 2. The SMILES string of the molecule is CCOc1ccc(C(O)=C2C(=O)C(=O)N(c3nc4ccc(F)cc4s3)[C@@H]2c2ccccc2OC)cc1. The fraction of sp³-hybridized carbons (Fsp3) is 0.148. The van der Waals surface area contributed by atoms with Crippen molar-refractivity contribution in [2.24, 2.45) is 0 Å². The number of thiazole rings is 1. The minimum Gasteiger partial charge on any atom is -0.507 e. The molecule has 3 aromatic carbocycles. The highest BCUT2D eigenvalue weighted by molar-refractivity contribution is 7.22. The van der Waals surface area contributed by atoms with Crippen LogP contribution < -0.4 is 14.4 Å². The van der Waals surface area contributed by atoms with E-state index in [1.54, 1.807) is 48.5 Å². The van der Waals surface area contributed by atoms with Crippen LogP contribution in [0.15, 0.2) is 72.3 Å². The van der Waals surface area contributed by atoms with Crippen molar-refractivity contribution in [3.05, 3.63) is 89.2 Å². The van der Waals surface area contributed by atoms with Gasteiger partial charge >= 0.3 is 5.91 Å². The van der Waals surface area contributed by atoms with Gasteiger partial charge in [0.25, 0.3) is 5.78 Å². The number of hydrogen-bond donors (Lipinski definition) is 1. The van der Waals surface area contributed by atoms with Gasteiger partial charge < -0.3 is 14.6 Å². The standard InChI is InChI=1S/C27H21FN2O5S/c1-3-35-17-11-8-15(9-12-17)24(31)22-23(18-6-4-5-7-20(18)34-2)30(26(33)25(22)32)27-29-19-13-10-16(28)14-21(19)36-27/h4-14,23,31H,3H2,1-2H3/t23-/m1/s1. The second kappa shape index (κ2) is 9.43. The number of carbonyl (C=O) groups excluding carboxylic acids is 2. The maximum Gasteiger partial charge on any atom is 0.301 e. The molecule has 0 spiro atoms. The van der Waals surface area contributed by atoms with Gasteiger partial charge in [0, 0.05) is 11.1 Å². The fourth-order valence-electron chi connectivity index (χ4n) is 4.24. The Bertz CT molecular complexity index is 1510. The van der Waals surface area contributed by atoms with Gasteiger partial charge in [0.15, 0.2) is 5.13 Å². The fourth-order valence-corrected chi connectivity index (χ4v) is 5.25. The summed E-state index contributed by atoms with van der Waals surface area (Å²) in [4.78, 5) is 32.5. The van der Waals surface area contributed by atoms with Crippen LogP contribution in [0.3, 0.4) is 0 Å². The summed E-state index contributed by atoms with van der Waals surface area (Å²) in [7, 11) is 1.48. The molecule has 0 bridgehead atoms. The number of hydrogen-bond acceptors (Lipinski definition) is 7. The van der Waals surface area contributed by atoms with Crippen LogP contribution in [-0.2, 0) is 9.59 Å². The molecule has 4 aromatic rings. The Morgan fingerprint density at radius 2 is 1.86 bits per heavy atom. The third-order valence-electron chi connectivity index (χ3n) is 5.86. The number of anilines is 1. The highest BCUT2D eigenvalue weighted by Gasteiger charge is 2.49. The van der Waals surface area contributed by atoms with Gasteiger partial charge in [-0.15, -0.1) is 0 Å². The average molecular weight is 505 g/mol. The second-order valence-electron chi connectivity index (χ2n) is 7.98. The zero-order valence-corrected chi connectivity index (χ0v) is 20.2. The van der Waals surface area contributed by atoms with Gasteiger partial charge in [-0.2, -0.15) is 0 Å². The minimum absolute atomic E-state index is 0.0981. The number of aromatic nitrogens is 1. The Kier molecular flexibility index (Phi) is 6.15. The van der Waals surface area contributed by atoms with E-state index in [1.807, 2.05) is 6.92 Å². The third-order valence-corrected chi connectivity index (χ3v) is 6.88. The molecule has 1 saturated heterocycles. The first kappa shape index (κ1) is 23.5. The van der Waals surface area contributed by atoms with Crippen molar-refractivity contribution < 1.29 is 28.6 Å². The van der Waals surface area contributed by atoms with E-state index in [-0.39, 0.29) is 16.5 Å². The number of ketones is 1. The van der Waals surface area contributed by atoms with Gasteiger partial charge in [0.05, 0.1) is 29.5 Å². The van der Waals surface area contributed by atoms with Crippen LogP contribution in [0.1, 0.15) is 24.1 Å². The molecule has 0 aliphatic carbocycles. The van der Waals surface area contributed by atoms with Crippen molar-refractivity contribution >= 4 is 44.1 Å². The highest BCUT2D eigenvalue weighted by atomic mass is 32.1. The molecule has 7 nitrogen and oxygen atoms in total. The zero-order chi connectivity index (χ0) is 25.4. The number of para-hydroxylation sites is 1. The van der Waals surface area contributed by atoms with Crippen LogP contribution >= 0.6 is 11.3 Å². The normalized spacial score (nSPS) is 17.1. The summed E-state index contributed by atoms with van der Waals surface area (Å²) in [6.07, 6.45) is 0. The molecule has 1 atom stereocenters. The van der Waals surface area contributed by atoms with Crippen molar-refractivity contribution in [3.63, 3.8) is 0 Å². The number of nitrogens with zero attached hydrogens (tertiary/aromatic N) is 2. The number of rotatable bonds is 6. The lowest BCUT2D eigenvalue weighted by molar-refractivity contribution is -0.132. The first-order valence-corrected chi connectivity index (χ1v) is 12.0. The number of benzene rings is 3. The third kappa shape index (κ3) is 3.97. The molecule has 1 amide bonds. The predicted octanol–water partition coefficient (Wildman–Crippen LogP) is 5.47. The van der Waals surface area contributed by atoms with Crippen LogP contribution in [-0.4, -0.2) is 35.5 Å². The molecule has 1 fully saturated rings. The average Bonchev–Trinajstić information content (AvgIpc) is 3.41. The van der Waals surface area contributed by atoms with Gasteiger partial charge in [0.2, 0.25) is 0 Å². The molecule has 36 heavy (non-hydrogen) atoms. The summed E-state index contributed by atoms with van der Waals surface area (Å²) in [5, 5.41) is 11.5. The largest absolute Gasteiger partial charge is 0.507 e. The van der Waals surface area contributed by atoms with E-state index in [0.717, 1.165) is 11.3 Å². The van der Waals surface area contributed by atoms with Gasteiger partial charge in [-0.25, -0.2) is 9.37 Å². The Morgan fingerprint density at radius 3 is 2.58 bits per heavy atom. The molecule has 1 aliphatic heterocycles. The van der Waals surface area contributed by atoms with Crippen molar-refractivity contribution in [2.45, 2.75) is 13.0 Å². The molecule has 9 heteroatoms. The van der Waals surface area contributed by atoms with Crippen LogP contribution in [0.2, 0.25) is 0 Å². The first-order valence-electron chi connectivity index (χ1n) is 11.2. The van der Waals surface area contributed by atoms with E-state index in [2.05, 4.69) is 4.98 Å². The maximum absolute atomic E-state index is 13.8. The van der Waals surface area contributed by atoms with Crippen LogP contribution in [0.25, 0.3) is 16.0 Å². The van der Waals surface area contributed by atoms with Gasteiger partial charge in [0.1, 0.15) is 29.1 Å². The zero-order valence-electron chi connectivity index (χ0n) is 19.4. The number of amides is 1. The number of halogens is 1. The number of aliphatic hydroxyl groups is 1. The van der Waals surface area contributed by atoms with Crippen LogP contribution in [0, 0.1) is 5.82 Å². The van der Waals surface area contributed by atoms with Gasteiger partial charge in [-0.1, -0.05) is 29.5 Å². The molecule has 182 valence electrons. The molecular formula is C27H21FN2O5S. The Hall–Kier alpha value is -4.24. The van der Waals surface area contributed by atoms with E-state index in [0.29, 0.717) is 39.4 Å². The van der Waals surface area contributed by atoms with E-state index < -0.39 is 23.5 Å². The molecule has 1 N–H and O–H groups in total. The molecule has 0 radical (unpaired) electrons. The molecule has 1 aromatic heterocycles. The summed E-state index contributed by atoms with van der Waals surface area (Å²) in [6, 6.07) is 16.6. The second-order valence-corrected chi connectivity index (χ2v) is 8.99. The number of aliphatic hydroxyl groups excluding tert-OH is 1. The van der Waals surface area contributed by atoms with Gasteiger partial charge in [-0.05, 0) is 55.5 Å². The van der Waals surface area contributed by atoms with Crippen molar-refractivity contribution in [3.8, 4) is 11.5 Å². The Morgan fingerprint density at radius 1 is 1.11 bits per heavy atom. The van der Waals surface area contributed by atoms with Crippen molar-refractivity contribution in [1.82, 2.24) is 4.98 Å². The molecule has 0 unspecified atom stereocenters. The molecule has 5 rings (SSSR count). The summed E-state index contributed by atoms with van der Waals surface area (Å²) < 4.78 is 25.3. The quantitative estimate of drug-likeness (QED) is 0.213. The summed E-state index contributed by atoms with van der Waals surface area (Å²) in [5.41, 5.74) is 1.24. The van der Waals surface area contributed by atoms with Crippen LogP contribution in [0.5, 0.6) is 11.5 Å². The molecule has 2 heterocycles. The van der Waals surface area contributed by atoms with Crippen molar-refractivity contribution in [2.75, 3.05) is 18.6 Å². The smallest absolute Gasteiger partial charge is 0.301 e. The lowest BCUT2D eigenvalue weighted by Gasteiger charge is -2.24. The number of carbonyl (C=O) groups is 2. The summed E-state index contributed by atoms with van der Waals surface area (Å²) in [5.74, 6) is -1.43. The first-order chi connectivity index (χ1) is 17.4. The predicted molar refractivity (Wildman–Crippen MR) is 135 cm³/mol. The highest BCUT2D eigenvalue weighted by Crippen LogP contribution is 2.46. The minimum atomic E-state index is -1.02. The van der Waals surface area contributed by atoms with E-state index in [9.17, 15) is 19.1 Å². The maximum atomic E-state index is 13.8. The molecule has 0 saturated carbocycles. The van der Waals surface area contributed by atoms with E-state index in [1.165, 1.54) is 30.2 Å². The lowest BCUT2D eigenvalue weighted by atomic mass is 9.94. The topological polar surface area (TPSA) is 89.0 Å². The Labute approximate surface area is 210 Å². The summed E-state index contributed by atoms with van der Waals surface area (Å²) in [6.45, 7) is 2.34.